The molecule has 0 bridgehead atoms. The van der Waals surface area contributed by atoms with E-state index >= 15 is 0 Å². The number of ether oxygens (including phenoxy) is 2. The van der Waals surface area contributed by atoms with Crippen LogP contribution in [0.1, 0.15) is 30.0 Å². The molecule has 4 rings (SSSR count). The minimum atomic E-state index is -0.305. The fraction of sp³-hybridized carbons (Fsp3) is 0.217. The number of likely N-dealkylation sites (tertiary alicyclic amines) is 1. The molecule has 1 fully saturated rings. The number of amides is 1. The number of rotatable bonds is 5. The SMILES string of the molecule is O=C(OCc1ccccc1)N1CCCC1c1cccnc1Oc1ccccc1. The number of pyridine rings is 1. The van der Waals surface area contributed by atoms with Crippen LogP contribution in [-0.4, -0.2) is 22.5 Å². The summed E-state index contributed by atoms with van der Waals surface area (Å²) in [4.78, 5) is 18.9. The second kappa shape index (κ2) is 8.57. The van der Waals surface area contributed by atoms with E-state index < -0.39 is 0 Å². The predicted molar refractivity (Wildman–Crippen MR) is 106 cm³/mol. The Labute approximate surface area is 164 Å². The quantitative estimate of drug-likeness (QED) is 0.604. The Morgan fingerprint density at radius 2 is 1.75 bits per heavy atom. The first-order valence-corrected chi connectivity index (χ1v) is 9.46. The monoisotopic (exact) mass is 374 g/mol. The molecule has 142 valence electrons. The Morgan fingerprint density at radius 3 is 2.54 bits per heavy atom. The molecule has 0 spiro atoms. The lowest BCUT2D eigenvalue weighted by Gasteiger charge is -2.25. The maximum atomic E-state index is 12.7. The van der Waals surface area contributed by atoms with E-state index in [1.165, 1.54) is 0 Å². The van der Waals surface area contributed by atoms with Crippen LogP contribution in [0.2, 0.25) is 0 Å². The van der Waals surface area contributed by atoms with E-state index in [2.05, 4.69) is 4.98 Å². The third-order valence-electron chi connectivity index (χ3n) is 4.81. The molecule has 0 aliphatic carbocycles. The topological polar surface area (TPSA) is 51.7 Å². The van der Waals surface area contributed by atoms with Crippen LogP contribution >= 0.6 is 0 Å². The largest absolute Gasteiger partial charge is 0.445 e. The number of carbonyl (C=O) groups is 1. The first-order chi connectivity index (χ1) is 13.8. The van der Waals surface area contributed by atoms with Crippen molar-refractivity contribution in [3.05, 3.63) is 90.1 Å². The predicted octanol–water partition coefficient (Wildman–Crippen LogP) is 5.35. The highest BCUT2D eigenvalue weighted by Gasteiger charge is 2.33. The molecule has 0 radical (unpaired) electrons. The van der Waals surface area contributed by atoms with Gasteiger partial charge in [-0.1, -0.05) is 48.5 Å². The Hall–Kier alpha value is -3.34. The lowest BCUT2D eigenvalue weighted by Crippen LogP contribution is -2.31. The van der Waals surface area contributed by atoms with Crippen LogP contribution in [0.3, 0.4) is 0 Å². The molecule has 1 saturated heterocycles. The van der Waals surface area contributed by atoms with Gasteiger partial charge in [-0.05, 0) is 42.7 Å². The minimum absolute atomic E-state index is 0.101. The summed E-state index contributed by atoms with van der Waals surface area (Å²) < 4.78 is 11.5. The lowest BCUT2D eigenvalue weighted by molar-refractivity contribution is 0.0917. The normalized spacial score (nSPS) is 16.0. The molecule has 0 saturated carbocycles. The van der Waals surface area contributed by atoms with Crippen LogP contribution in [0.4, 0.5) is 4.79 Å². The summed E-state index contributed by atoms with van der Waals surface area (Å²) in [6.45, 7) is 0.932. The fourth-order valence-corrected chi connectivity index (χ4v) is 3.45. The standard InChI is InChI=1S/C23H22N2O3/c26-23(27-17-18-9-3-1-4-10-18)25-16-8-14-21(25)20-13-7-15-24-22(20)28-19-11-5-2-6-12-19/h1-7,9-13,15,21H,8,14,16-17H2. The summed E-state index contributed by atoms with van der Waals surface area (Å²) in [6, 6.07) is 23.0. The third kappa shape index (κ3) is 4.14. The fourth-order valence-electron chi connectivity index (χ4n) is 3.45. The van der Waals surface area contributed by atoms with Crippen LogP contribution in [0.25, 0.3) is 0 Å². The van der Waals surface area contributed by atoms with Crippen molar-refractivity contribution in [2.45, 2.75) is 25.5 Å². The van der Waals surface area contributed by atoms with E-state index in [9.17, 15) is 4.79 Å². The molecule has 1 atom stereocenters. The van der Waals surface area contributed by atoms with Gasteiger partial charge in [0.15, 0.2) is 0 Å². The van der Waals surface area contributed by atoms with E-state index in [0.29, 0.717) is 12.4 Å². The van der Waals surface area contributed by atoms with Crippen LogP contribution in [0.15, 0.2) is 79.0 Å². The molecule has 1 aliphatic rings. The maximum Gasteiger partial charge on any atom is 0.410 e. The number of hydrogen-bond acceptors (Lipinski definition) is 4. The number of benzene rings is 2. The van der Waals surface area contributed by atoms with Gasteiger partial charge in [0.2, 0.25) is 5.88 Å². The van der Waals surface area contributed by atoms with Gasteiger partial charge in [0.05, 0.1) is 6.04 Å². The zero-order valence-corrected chi connectivity index (χ0v) is 15.5. The molecule has 5 heteroatoms. The van der Waals surface area contributed by atoms with Gasteiger partial charge < -0.3 is 14.4 Å². The van der Waals surface area contributed by atoms with E-state index in [4.69, 9.17) is 9.47 Å². The van der Waals surface area contributed by atoms with E-state index in [-0.39, 0.29) is 18.7 Å². The molecule has 5 nitrogen and oxygen atoms in total. The molecular formula is C23H22N2O3. The zero-order valence-electron chi connectivity index (χ0n) is 15.5. The highest BCUT2D eigenvalue weighted by Crippen LogP contribution is 2.37. The summed E-state index contributed by atoms with van der Waals surface area (Å²) in [5.74, 6) is 1.25. The molecule has 28 heavy (non-hydrogen) atoms. The Balaban J connectivity index is 1.49. The van der Waals surface area contributed by atoms with Gasteiger partial charge >= 0.3 is 6.09 Å². The van der Waals surface area contributed by atoms with E-state index in [0.717, 1.165) is 29.7 Å². The molecule has 1 aliphatic heterocycles. The van der Waals surface area contributed by atoms with Crippen molar-refractivity contribution in [2.24, 2.45) is 0 Å². The zero-order chi connectivity index (χ0) is 19.2. The Kier molecular flexibility index (Phi) is 5.52. The van der Waals surface area contributed by atoms with Gasteiger partial charge in [0.1, 0.15) is 12.4 Å². The third-order valence-corrected chi connectivity index (χ3v) is 4.81. The van der Waals surface area contributed by atoms with Crippen LogP contribution in [-0.2, 0) is 11.3 Å². The van der Waals surface area contributed by atoms with E-state index in [1.807, 2.05) is 72.8 Å². The molecule has 1 unspecified atom stereocenters. The first-order valence-electron chi connectivity index (χ1n) is 9.46. The Morgan fingerprint density at radius 1 is 1.00 bits per heavy atom. The van der Waals surface area contributed by atoms with Crippen LogP contribution in [0.5, 0.6) is 11.6 Å². The average molecular weight is 374 g/mol. The van der Waals surface area contributed by atoms with Crippen molar-refractivity contribution in [1.29, 1.82) is 0 Å². The van der Waals surface area contributed by atoms with Crippen molar-refractivity contribution >= 4 is 6.09 Å². The van der Waals surface area contributed by atoms with Crippen molar-refractivity contribution in [2.75, 3.05) is 6.54 Å². The van der Waals surface area contributed by atoms with Gasteiger partial charge in [-0.2, -0.15) is 0 Å². The highest BCUT2D eigenvalue weighted by atomic mass is 16.6. The summed E-state index contributed by atoms with van der Waals surface area (Å²) in [5.41, 5.74) is 1.88. The minimum Gasteiger partial charge on any atom is -0.445 e. The van der Waals surface area contributed by atoms with Gasteiger partial charge in [-0.25, -0.2) is 9.78 Å². The van der Waals surface area contributed by atoms with Gasteiger partial charge in [-0.15, -0.1) is 0 Å². The molecule has 1 aromatic heterocycles. The highest BCUT2D eigenvalue weighted by molar-refractivity contribution is 5.69. The lowest BCUT2D eigenvalue weighted by atomic mass is 10.1. The second-order valence-electron chi connectivity index (χ2n) is 6.70. The smallest absolute Gasteiger partial charge is 0.410 e. The number of carbonyl (C=O) groups excluding carboxylic acids is 1. The molecule has 2 heterocycles. The summed E-state index contributed by atoms with van der Waals surface area (Å²) in [7, 11) is 0. The van der Waals surface area contributed by atoms with Gasteiger partial charge in [0.25, 0.3) is 0 Å². The molecule has 3 aromatic rings. The van der Waals surface area contributed by atoms with Crippen molar-refractivity contribution in [3.8, 4) is 11.6 Å². The number of nitrogens with zero attached hydrogens (tertiary/aromatic N) is 2. The number of hydrogen-bond donors (Lipinski definition) is 0. The van der Waals surface area contributed by atoms with Gasteiger partial charge in [-0.3, -0.25) is 0 Å². The van der Waals surface area contributed by atoms with Crippen LogP contribution in [0, 0.1) is 0 Å². The van der Waals surface area contributed by atoms with Crippen molar-refractivity contribution < 1.29 is 14.3 Å². The molecule has 1 amide bonds. The molecule has 0 N–H and O–H groups in total. The summed E-state index contributed by atoms with van der Waals surface area (Å²) >= 11 is 0. The molecular weight excluding hydrogens is 352 g/mol. The first kappa shape index (κ1) is 18.0. The Bertz CT molecular complexity index is 915. The second-order valence-corrected chi connectivity index (χ2v) is 6.70. The van der Waals surface area contributed by atoms with Gasteiger partial charge in [0, 0.05) is 18.3 Å². The summed E-state index contributed by atoms with van der Waals surface area (Å²) in [6.07, 6.45) is 3.18. The maximum absolute atomic E-state index is 12.7. The number of para-hydroxylation sites is 1. The van der Waals surface area contributed by atoms with E-state index in [1.54, 1.807) is 11.1 Å². The average Bonchev–Trinajstić information content (AvgIpc) is 3.24. The summed E-state index contributed by atoms with van der Waals surface area (Å²) in [5, 5.41) is 0. The van der Waals surface area contributed by atoms with Crippen LogP contribution < -0.4 is 4.74 Å². The molecule has 2 aromatic carbocycles. The number of aromatic nitrogens is 1. The van der Waals surface area contributed by atoms with Crippen molar-refractivity contribution in [3.63, 3.8) is 0 Å². The van der Waals surface area contributed by atoms with Crippen molar-refractivity contribution in [1.82, 2.24) is 9.88 Å².